The van der Waals surface area contributed by atoms with Crippen LogP contribution in [-0.4, -0.2) is 48.3 Å². The third-order valence-electron chi connectivity index (χ3n) is 6.01. The van der Waals surface area contributed by atoms with Crippen molar-refractivity contribution in [3.63, 3.8) is 0 Å². The van der Waals surface area contributed by atoms with Gasteiger partial charge in [-0.05, 0) is 61.4 Å². The molecule has 1 heterocycles. The maximum atomic E-state index is 13.5. The molecule has 0 unspecified atom stereocenters. The lowest BCUT2D eigenvalue weighted by atomic mass is 9.88. The Morgan fingerprint density at radius 1 is 1.06 bits per heavy atom. The standard InChI is InChI=1S/C26H32FN3O3/c1-17(2)16-28-25(32)23(29-24(31)22-10-5-4-7-18(22)3)19-11-13-30(14-12-19)26(33)20-8-6-9-21(27)15-20/h4-10,15,17,19,23H,11-14,16H2,1-3H3,(H,28,32)(H,29,31)/t23-/m1/s1. The van der Waals surface area contributed by atoms with Crippen LogP contribution in [0, 0.1) is 24.6 Å². The van der Waals surface area contributed by atoms with Crippen LogP contribution in [0.5, 0.6) is 0 Å². The Morgan fingerprint density at radius 2 is 1.76 bits per heavy atom. The summed E-state index contributed by atoms with van der Waals surface area (Å²) < 4.78 is 13.5. The van der Waals surface area contributed by atoms with Crippen LogP contribution in [0.25, 0.3) is 0 Å². The molecule has 1 fully saturated rings. The molecule has 3 amide bonds. The minimum absolute atomic E-state index is 0.110. The largest absolute Gasteiger partial charge is 0.354 e. The summed E-state index contributed by atoms with van der Waals surface area (Å²) in [5.41, 5.74) is 1.69. The van der Waals surface area contributed by atoms with E-state index in [9.17, 15) is 18.8 Å². The van der Waals surface area contributed by atoms with Crippen molar-refractivity contribution in [2.45, 2.75) is 39.7 Å². The lowest BCUT2D eigenvalue weighted by Crippen LogP contribution is -2.54. The number of carbonyl (C=O) groups is 3. The summed E-state index contributed by atoms with van der Waals surface area (Å²) in [7, 11) is 0. The monoisotopic (exact) mass is 453 g/mol. The highest BCUT2D eigenvalue weighted by atomic mass is 19.1. The number of aryl methyl sites for hydroxylation is 1. The normalized spacial score (nSPS) is 15.2. The molecule has 176 valence electrons. The second-order valence-electron chi connectivity index (χ2n) is 9.05. The first-order chi connectivity index (χ1) is 15.8. The molecule has 7 heteroatoms. The van der Waals surface area contributed by atoms with E-state index in [0.717, 1.165) is 5.56 Å². The van der Waals surface area contributed by atoms with Gasteiger partial charge in [0.05, 0.1) is 0 Å². The summed E-state index contributed by atoms with van der Waals surface area (Å²) in [5.74, 6) is -0.986. The van der Waals surface area contributed by atoms with E-state index in [2.05, 4.69) is 10.6 Å². The van der Waals surface area contributed by atoms with E-state index in [1.807, 2.05) is 32.9 Å². The fourth-order valence-electron chi connectivity index (χ4n) is 4.10. The SMILES string of the molecule is Cc1ccccc1C(=O)N[C@@H](C(=O)NCC(C)C)C1CCN(C(=O)c2cccc(F)c2)CC1. The molecule has 1 aliphatic rings. The summed E-state index contributed by atoms with van der Waals surface area (Å²) in [6.45, 7) is 7.28. The van der Waals surface area contributed by atoms with Crippen molar-refractivity contribution < 1.29 is 18.8 Å². The average Bonchev–Trinajstić information content (AvgIpc) is 2.81. The van der Waals surface area contributed by atoms with Gasteiger partial charge in [0.1, 0.15) is 11.9 Å². The molecular formula is C26H32FN3O3. The lowest BCUT2D eigenvalue weighted by Gasteiger charge is -2.36. The number of likely N-dealkylation sites (tertiary alicyclic amines) is 1. The van der Waals surface area contributed by atoms with Gasteiger partial charge in [-0.15, -0.1) is 0 Å². The van der Waals surface area contributed by atoms with Crippen LogP contribution in [0.4, 0.5) is 4.39 Å². The second kappa shape index (κ2) is 11.1. The molecule has 6 nitrogen and oxygen atoms in total. The van der Waals surface area contributed by atoms with Crippen LogP contribution in [0.1, 0.15) is 53.0 Å². The van der Waals surface area contributed by atoms with Crippen LogP contribution in [0.3, 0.4) is 0 Å². The van der Waals surface area contributed by atoms with Gasteiger partial charge in [-0.3, -0.25) is 14.4 Å². The van der Waals surface area contributed by atoms with Crippen molar-refractivity contribution in [2.75, 3.05) is 19.6 Å². The molecule has 0 bridgehead atoms. The predicted molar refractivity (Wildman–Crippen MR) is 125 cm³/mol. The van der Waals surface area contributed by atoms with Gasteiger partial charge >= 0.3 is 0 Å². The molecule has 1 aliphatic heterocycles. The maximum absolute atomic E-state index is 13.5. The van der Waals surface area contributed by atoms with E-state index < -0.39 is 11.9 Å². The van der Waals surface area contributed by atoms with Gasteiger partial charge in [0, 0.05) is 30.8 Å². The Kier molecular flexibility index (Phi) is 8.20. The van der Waals surface area contributed by atoms with Gasteiger partial charge < -0.3 is 15.5 Å². The smallest absolute Gasteiger partial charge is 0.253 e. The summed E-state index contributed by atoms with van der Waals surface area (Å²) in [6, 6.07) is 12.2. The van der Waals surface area contributed by atoms with Crippen molar-refractivity contribution in [2.24, 2.45) is 11.8 Å². The summed E-state index contributed by atoms with van der Waals surface area (Å²) >= 11 is 0. The number of amides is 3. The minimum atomic E-state index is -0.692. The van der Waals surface area contributed by atoms with E-state index in [1.54, 1.807) is 23.1 Å². The van der Waals surface area contributed by atoms with E-state index in [4.69, 9.17) is 0 Å². The van der Waals surface area contributed by atoms with Gasteiger partial charge in [-0.1, -0.05) is 38.1 Å². The first-order valence-electron chi connectivity index (χ1n) is 11.4. The molecule has 3 rings (SSSR count). The Balaban J connectivity index is 1.70. The first-order valence-corrected chi connectivity index (χ1v) is 11.4. The maximum Gasteiger partial charge on any atom is 0.253 e. The number of benzene rings is 2. The van der Waals surface area contributed by atoms with E-state index >= 15 is 0 Å². The summed E-state index contributed by atoms with van der Waals surface area (Å²) in [4.78, 5) is 40.4. The Labute approximate surface area is 194 Å². The average molecular weight is 454 g/mol. The molecule has 1 atom stereocenters. The molecule has 2 aromatic carbocycles. The van der Waals surface area contributed by atoms with Gasteiger partial charge in [-0.25, -0.2) is 4.39 Å². The van der Waals surface area contributed by atoms with E-state index in [-0.39, 0.29) is 29.6 Å². The Hall–Kier alpha value is -3.22. The molecule has 2 aromatic rings. The Morgan fingerprint density at radius 3 is 2.39 bits per heavy atom. The molecule has 1 saturated heterocycles. The fourth-order valence-corrected chi connectivity index (χ4v) is 4.10. The van der Waals surface area contributed by atoms with Crippen molar-refractivity contribution in [3.05, 3.63) is 71.0 Å². The van der Waals surface area contributed by atoms with Crippen LogP contribution >= 0.6 is 0 Å². The zero-order chi connectivity index (χ0) is 24.0. The van der Waals surface area contributed by atoms with Crippen molar-refractivity contribution in [3.8, 4) is 0 Å². The molecular weight excluding hydrogens is 421 g/mol. The zero-order valence-corrected chi connectivity index (χ0v) is 19.4. The molecule has 0 saturated carbocycles. The number of hydrogen-bond acceptors (Lipinski definition) is 3. The third kappa shape index (κ3) is 6.40. The third-order valence-corrected chi connectivity index (χ3v) is 6.01. The molecule has 0 spiro atoms. The number of piperidine rings is 1. The van der Waals surface area contributed by atoms with Crippen LogP contribution in [-0.2, 0) is 4.79 Å². The molecule has 2 N–H and O–H groups in total. The zero-order valence-electron chi connectivity index (χ0n) is 19.4. The van der Waals surface area contributed by atoms with Gasteiger partial charge in [0.2, 0.25) is 5.91 Å². The Bertz CT molecular complexity index is 1000. The highest BCUT2D eigenvalue weighted by Gasteiger charge is 2.34. The topological polar surface area (TPSA) is 78.5 Å². The van der Waals surface area contributed by atoms with Gasteiger partial charge in [0.15, 0.2) is 0 Å². The van der Waals surface area contributed by atoms with Gasteiger partial charge in [0.25, 0.3) is 11.8 Å². The minimum Gasteiger partial charge on any atom is -0.354 e. The van der Waals surface area contributed by atoms with Crippen molar-refractivity contribution >= 4 is 17.7 Å². The number of halogens is 1. The number of carbonyl (C=O) groups excluding carboxylic acids is 3. The molecule has 0 radical (unpaired) electrons. The number of rotatable bonds is 7. The number of nitrogens with one attached hydrogen (secondary N) is 2. The summed E-state index contributed by atoms with van der Waals surface area (Å²) in [6.07, 6.45) is 1.13. The lowest BCUT2D eigenvalue weighted by molar-refractivity contribution is -0.124. The van der Waals surface area contributed by atoms with Crippen LogP contribution < -0.4 is 10.6 Å². The first kappa shape index (κ1) is 24.4. The predicted octanol–water partition coefficient (Wildman–Crippen LogP) is 3.56. The van der Waals surface area contributed by atoms with Crippen molar-refractivity contribution in [1.29, 1.82) is 0 Å². The number of hydrogen-bond donors (Lipinski definition) is 2. The van der Waals surface area contributed by atoms with Crippen molar-refractivity contribution in [1.82, 2.24) is 15.5 Å². The van der Waals surface area contributed by atoms with E-state index in [0.29, 0.717) is 43.6 Å². The summed E-state index contributed by atoms with van der Waals surface area (Å²) in [5, 5.41) is 5.89. The molecule has 33 heavy (non-hydrogen) atoms. The van der Waals surface area contributed by atoms with Crippen LogP contribution in [0.15, 0.2) is 48.5 Å². The van der Waals surface area contributed by atoms with Crippen LogP contribution in [0.2, 0.25) is 0 Å². The van der Waals surface area contributed by atoms with E-state index in [1.165, 1.54) is 18.2 Å². The highest BCUT2D eigenvalue weighted by Crippen LogP contribution is 2.23. The molecule has 0 aliphatic carbocycles. The molecule has 0 aromatic heterocycles. The highest BCUT2D eigenvalue weighted by molar-refractivity contribution is 5.98. The quantitative estimate of drug-likeness (QED) is 0.673. The second-order valence-corrected chi connectivity index (χ2v) is 9.05. The fraction of sp³-hybridized carbons (Fsp3) is 0.423. The number of nitrogens with zero attached hydrogens (tertiary/aromatic N) is 1. The van der Waals surface area contributed by atoms with Gasteiger partial charge in [-0.2, -0.15) is 0 Å².